The summed E-state index contributed by atoms with van der Waals surface area (Å²) in [6, 6.07) is 8.32. The first-order chi connectivity index (χ1) is 8.54. The summed E-state index contributed by atoms with van der Waals surface area (Å²) in [4.78, 5) is 0. The van der Waals surface area contributed by atoms with Crippen LogP contribution in [0, 0.1) is 10.5 Å². The second-order valence-electron chi connectivity index (χ2n) is 3.98. The van der Waals surface area contributed by atoms with Crippen LogP contribution in [0.3, 0.4) is 0 Å². The van der Waals surface area contributed by atoms with E-state index in [-0.39, 0.29) is 6.04 Å². The normalized spacial score (nSPS) is 12.7. The number of hydrogen-bond donors (Lipinski definition) is 1. The van der Waals surface area contributed by atoms with Crippen LogP contribution in [0.1, 0.15) is 22.7 Å². The Morgan fingerprint density at radius 1 is 1.28 bits per heavy atom. The van der Waals surface area contributed by atoms with Gasteiger partial charge in [-0.3, -0.25) is 0 Å². The number of thiophene rings is 1. The molecular weight excluding hydrogens is 400 g/mol. The molecular formula is C13H12Cl2INS. The summed E-state index contributed by atoms with van der Waals surface area (Å²) >= 11 is 16.1. The van der Waals surface area contributed by atoms with E-state index in [2.05, 4.69) is 53.0 Å². The Balaban J connectivity index is 2.52. The van der Waals surface area contributed by atoms with E-state index < -0.39 is 0 Å². The van der Waals surface area contributed by atoms with Gasteiger partial charge in [-0.1, -0.05) is 41.4 Å². The molecule has 2 aromatic rings. The van der Waals surface area contributed by atoms with Crippen molar-refractivity contribution in [1.29, 1.82) is 0 Å². The average molecular weight is 412 g/mol. The van der Waals surface area contributed by atoms with Crippen molar-refractivity contribution in [1.82, 2.24) is 5.32 Å². The number of rotatable bonds is 3. The van der Waals surface area contributed by atoms with Crippen molar-refractivity contribution in [3.05, 3.63) is 53.2 Å². The van der Waals surface area contributed by atoms with E-state index in [0.717, 1.165) is 14.2 Å². The van der Waals surface area contributed by atoms with Crippen molar-refractivity contribution >= 4 is 57.1 Å². The van der Waals surface area contributed by atoms with Gasteiger partial charge < -0.3 is 5.32 Å². The van der Waals surface area contributed by atoms with Crippen molar-refractivity contribution in [3.8, 4) is 0 Å². The maximum absolute atomic E-state index is 6.25. The number of aryl methyl sites for hydroxylation is 1. The van der Waals surface area contributed by atoms with Gasteiger partial charge in [0, 0.05) is 9.13 Å². The first-order valence-electron chi connectivity index (χ1n) is 5.41. The molecule has 5 heteroatoms. The fraction of sp³-hybridized carbons (Fsp3) is 0.231. The van der Waals surface area contributed by atoms with Crippen LogP contribution in [0.15, 0.2) is 24.3 Å². The molecule has 0 radical (unpaired) electrons. The summed E-state index contributed by atoms with van der Waals surface area (Å²) in [5, 5.41) is 3.32. The Kier molecular flexibility index (Phi) is 4.94. The zero-order chi connectivity index (χ0) is 13.3. The molecule has 0 aliphatic rings. The van der Waals surface area contributed by atoms with Gasteiger partial charge in [-0.15, -0.1) is 11.3 Å². The number of halogens is 3. The second-order valence-corrected chi connectivity index (χ2v) is 7.34. The molecule has 0 aliphatic heterocycles. The highest BCUT2D eigenvalue weighted by atomic mass is 127. The van der Waals surface area contributed by atoms with E-state index in [4.69, 9.17) is 23.2 Å². The standard InChI is InChI=1S/C13H12Cl2INS/c1-7-4-3-5-8(11(7)16)12(17-2)9-6-10(14)18-13(9)15/h3-6,12,17H,1-2H3. The molecule has 1 heterocycles. The Morgan fingerprint density at radius 2 is 2.00 bits per heavy atom. The maximum atomic E-state index is 6.25. The molecule has 1 nitrogen and oxygen atoms in total. The molecule has 1 aromatic heterocycles. The van der Waals surface area contributed by atoms with Crippen molar-refractivity contribution in [2.45, 2.75) is 13.0 Å². The van der Waals surface area contributed by atoms with Crippen LogP contribution in [0.4, 0.5) is 0 Å². The Morgan fingerprint density at radius 3 is 2.56 bits per heavy atom. The molecule has 0 saturated carbocycles. The smallest absolute Gasteiger partial charge is 0.0995 e. The summed E-state index contributed by atoms with van der Waals surface area (Å²) in [6.45, 7) is 2.11. The van der Waals surface area contributed by atoms with Crippen LogP contribution >= 0.6 is 57.1 Å². The lowest BCUT2D eigenvalue weighted by molar-refractivity contribution is 0.690. The number of nitrogens with one attached hydrogen (secondary N) is 1. The van der Waals surface area contributed by atoms with Crippen LogP contribution in [-0.4, -0.2) is 7.05 Å². The molecule has 18 heavy (non-hydrogen) atoms. The van der Waals surface area contributed by atoms with Crippen LogP contribution in [0.2, 0.25) is 8.67 Å². The largest absolute Gasteiger partial charge is 0.309 e. The van der Waals surface area contributed by atoms with Crippen LogP contribution in [-0.2, 0) is 0 Å². The van der Waals surface area contributed by atoms with Gasteiger partial charge >= 0.3 is 0 Å². The minimum absolute atomic E-state index is 0.0769. The van der Waals surface area contributed by atoms with Gasteiger partial charge in [0.15, 0.2) is 0 Å². The topological polar surface area (TPSA) is 12.0 Å². The SMILES string of the molecule is CNC(c1cc(Cl)sc1Cl)c1cccc(C)c1I. The van der Waals surface area contributed by atoms with E-state index >= 15 is 0 Å². The Bertz CT molecular complexity index is 568. The lowest BCUT2D eigenvalue weighted by atomic mass is 10.00. The third-order valence-corrected chi connectivity index (χ3v) is 5.81. The minimum atomic E-state index is 0.0769. The molecule has 1 aromatic carbocycles. The van der Waals surface area contributed by atoms with Gasteiger partial charge in [0.05, 0.1) is 14.7 Å². The molecule has 1 unspecified atom stereocenters. The number of hydrogen-bond acceptors (Lipinski definition) is 2. The molecule has 0 saturated heterocycles. The molecule has 0 bridgehead atoms. The summed E-state index contributed by atoms with van der Waals surface area (Å²) in [5.41, 5.74) is 3.54. The highest BCUT2D eigenvalue weighted by Gasteiger charge is 2.20. The van der Waals surface area contributed by atoms with E-state index in [0.29, 0.717) is 0 Å². The van der Waals surface area contributed by atoms with Crippen molar-refractivity contribution in [3.63, 3.8) is 0 Å². The summed E-state index contributed by atoms with van der Waals surface area (Å²) in [7, 11) is 1.94. The molecule has 0 spiro atoms. The maximum Gasteiger partial charge on any atom is 0.0995 e. The fourth-order valence-electron chi connectivity index (χ4n) is 1.92. The molecule has 0 amide bonds. The third kappa shape index (κ3) is 2.85. The quantitative estimate of drug-likeness (QED) is 0.677. The lowest BCUT2D eigenvalue weighted by Crippen LogP contribution is -2.18. The van der Waals surface area contributed by atoms with E-state index in [1.54, 1.807) is 0 Å². The minimum Gasteiger partial charge on any atom is -0.309 e. The highest BCUT2D eigenvalue weighted by Crippen LogP contribution is 2.38. The van der Waals surface area contributed by atoms with Crippen molar-refractivity contribution in [2.24, 2.45) is 0 Å². The summed E-state index contributed by atoms with van der Waals surface area (Å²) in [6.07, 6.45) is 0. The van der Waals surface area contributed by atoms with E-state index in [1.165, 1.54) is 26.0 Å². The van der Waals surface area contributed by atoms with Gasteiger partial charge in [-0.2, -0.15) is 0 Å². The molecule has 0 fully saturated rings. The average Bonchev–Trinajstić information content (AvgIpc) is 2.65. The Labute approximate surface area is 135 Å². The van der Waals surface area contributed by atoms with Gasteiger partial charge in [0.2, 0.25) is 0 Å². The first-order valence-corrected chi connectivity index (χ1v) is 8.06. The zero-order valence-corrected chi connectivity index (χ0v) is 14.4. The van der Waals surface area contributed by atoms with Crippen molar-refractivity contribution < 1.29 is 0 Å². The lowest BCUT2D eigenvalue weighted by Gasteiger charge is -2.19. The number of benzene rings is 1. The van der Waals surface area contributed by atoms with Gasteiger partial charge in [0.1, 0.15) is 0 Å². The van der Waals surface area contributed by atoms with Crippen LogP contribution in [0.25, 0.3) is 0 Å². The molecule has 2 rings (SSSR count). The van der Waals surface area contributed by atoms with E-state index in [9.17, 15) is 0 Å². The third-order valence-electron chi connectivity index (χ3n) is 2.82. The molecule has 1 atom stereocenters. The molecule has 0 aliphatic carbocycles. The van der Waals surface area contributed by atoms with Crippen LogP contribution < -0.4 is 5.32 Å². The monoisotopic (exact) mass is 411 g/mol. The molecule has 96 valence electrons. The van der Waals surface area contributed by atoms with Crippen molar-refractivity contribution in [2.75, 3.05) is 7.05 Å². The predicted molar refractivity (Wildman–Crippen MR) is 89.1 cm³/mol. The molecule has 1 N–H and O–H groups in total. The second kappa shape index (κ2) is 6.09. The van der Waals surface area contributed by atoms with Gasteiger partial charge in [-0.05, 0) is 53.8 Å². The first kappa shape index (κ1) is 14.6. The fourth-order valence-corrected chi connectivity index (χ4v) is 4.12. The Hall–Kier alpha value is 0.190. The van der Waals surface area contributed by atoms with Gasteiger partial charge in [-0.25, -0.2) is 0 Å². The van der Waals surface area contributed by atoms with E-state index in [1.807, 2.05) is 13.1 Å². The predicted octanol–water partition coefficient (Wildman–Crippen LogP) is 5.28. The summed E-state index contributed by atoms with van der Waals surface area (Å²) < 4.78 is 2.72. The highest BCUT2D eigenvalue weighted by molar-refractivity contribution is 14.1. The zero-order valence-electron chi connectivity index (χ0n) is 9.93. The summed E-state index contributed by atoms with van der Waals surface area (Å²) in [5.74, 6) is 0. The van der Waals surface area contributed by atoms with Crippen LogP contribution in [0.5, 0.6) is 0 Å². The van der Waals surface area contributed by atoms with Gasteiger partial charge in [0.25, 0.3) is 0 Å².